The number of aryl methyl sites for hydroxylation is 1. The summed E-state index contributed by atoms with van der Waals surface area (Å²) in [5.74, 6) is -1.79. The lowest BCUT2D eigenvalue weighted by Gasteiger charge is -2.11. The van der Waals surface area contributed by atoms with Crippen LogP contribution in [0.2, 0.25) is 0 Å². The van der Waals surface area contributed by atoms with Crippen molar-refractivity contribution in [1.29, 1.82) is 0 Å². The SMILES string of the molecule is CCCNC(=O)c1c(C)sc2nc(Cc3cccc(C(F)(F)F)c3F)cc(=O)n12. The molecule has 1 aromatic carbocycles. The third-order valence-corrected chi connectivity index (χ3v) is 5.20. The second kappa shape index (κ2) is 7.94. The van der Waals surface area contributed by atoms with Crippen LogP contribution in [0.25, 0.3) is 4.96 Å². The Morgan fingerprint density at radius 3 is 2.69 bits per heavy atom. The Morgan fingerprint density at radius 2 is 2.03 bits per heavy atom. The first-order chi connectivity index (χ1) is 13.6. The van der Waals surface area contributed by atoms with Gasteiger partial charge in [-0.25, -0.2) is 13.8 Å². The van der Waals surface area contributed by atoms with Gasteiger partial charge in [0, 0.05) is 23.9 Å². The minimum atomic E-state index is -4.82. The summed E-state index contributed by atoms with van der Waals surface area (Å²) in [5.41, 5.74) is -1.84. The van der Waals surface area contributed by atoms with Crippen molar-refractivity contribution < 1.29 is 22.4 Å². The van der Waals surface area contributed by atoms with E-state index in [-0.39, 0.29) is 28.3 Å². The predicted molar refractivity (Wildman–Crippen MR) is 101 cm³/mol. The molecule has 0 atom stereocenters. The first kappa shape index (κ1) is 21.0. The second-order valence-electron chi connectivity index (χ2n) is 6.42. The van der Waals surface area contributed by atoms with Crippen molar-refractivity contribution in [2.75, 3.05) is 6.54 Å². The number of alkyl halides is 3. The van der Waals surface area contributed by atoms with E-state index in [1.165, 1.54) is 6.07 Å². The highest BCUT2D eigenvalue weighted by atomic mass is 32.1. The highest BCUT2D eigenvalue weighted by Crippen LogP contribution is 2.32. The number of benzene rings is 1. The molecule has 0 spiro atoms. The molecule has 0 saturated heterocycles. The molecule has 0 unspecified atom stereocenters. The molecule has 3 aromatic rings. The molecular weight excluding hydrogens is 410 g/mol. The van der Waals surface area contributed by atoms with E-state index in [1.54, 1.807) is 6.92 Å². The molecule has 1 N–H and O–H groups in total. The first-order valence-electron chi connectivity index (χ1n) is 8.78. The maximum Gasteiger partial charge on any atom is 0.419 e. The molecule has 5 nitrogen and oxygen atoms in total. The van der Waals surface area contributed by atoms with Gasteiger partial charge in [0.05, 0.1) is 11.3 Å². The molecular formula is C19H17F4N3O2S. The summed E-state index contributed by atoms with van der Waals surface area (Å²) in [7, 11) is 0. The molecule has 2 aromatic heterocycles. The largest absolute Gasteiger partial charge is 0.419 e. The third kappa shape index (κ3) is 4.16. The summed E-state index contributed by atoms with van der Waals surface area (Å²) < 4.78 is 54.2. The van der Waals surface area contributed by atoms with Gasteiger partial charge < -0.3 is 5.32 Å². The van der Waals surface area contributed by atoms with Crippen molar-refractivity contribution in [2.24, 2.45) is 0 Å². The number of hydrogen-bond acceptors (Lipinski definition) is 4. The summed E-state index contributed by atoms with van der Waals surface area (Å²) >= 11 is 1.11. The number of nitrogens with one attached hydrogen (secondary N) is 1. The maximum atomic E-state index is 14.3. The fourth-order valence-electron chi connectivity index (χ4n) is 2.93. The summed E-state index contributed by atoms with van der Waals surface area (Å²) in [6.45, 7) is 4.02. The Labute approximate surface area is 167 Å². The lowest BCUT2D eigenvalue weighted by atomic mass is 10.0. The van der Waals surface area contributed by atoms with Crippen LogP contribution in [0.1, 0.15) is 45.5 Å². The quantitative estimate of drug-likeness (QED) is 0.627. The van der Waals surface area contributed by atoms with Crippen LogP contribution in [0.3, 0.4) is 0 Å². The average Bonchev–Trinajstić information content (AvgIpc) is 2.97. The van der Waals surface area contributed by atoms with Crippen molar-refractivity contribution in [2.45, 2.75) is 32.9 Å². The number of amides is 1. The number of rotatable bonds is 5. The molecule has 10 heteroatoms. The number of carbonyl (C=O) groups is 1. The summed E-state index contributed by atoms with van der Waals surface area (Å²) in [5, 5.41) is 2.70. The Balaban J connectivity index is 2.02. The van der Waals surface area contributed by atoms with E-state index in [4.69, 9.17) is 0 Å². The van der Waals surface area contributed by atoms with Gasteiger partial charge in [0.1, 0.15) is 11.5 Å². The van der Waals surface area contributed by atoms with Crippen molar-refractivity contribution in [3.8, 4) is 0 Å². The first-order valence-corrected chi connectivity index (χ1v) is 9.60. The maximum absolute atomic E-state index is 14.3. The van der Waals surface area contributed by atoms with Crippen LogP contribution in [0.15, 0.2) is 29.1 Å². The Morgan fingerprint density at radius 1 is 1.31 bits per heavy atom. The molecule has 0 fully saturated rings. The number of fused-ring (bicyclic) bond motifs is 1. The molecule has 1 amide bonds. The van der Waals surface area contributed by atoms with Gasteiger partial charge in [0.2, 0.25) is 0 Å². The van der Waals surface area contributed by atoms with E-state index in [2.05, 4.69) is 10.3 Å². The number of nitrogens with zero attached hydrogens (tertiary/aromatic N) is 2. The van der Waals surface area contributed by atoms with Gasteiger partial charge in [-0.1, -0.05) is 19.1 Å². The van der Waals surface area contributed by atoms with E-state index in [9.17, 15) is 27.2 Å². The summed E-state index contributed by atoms with van der Waals surface area (Å²) in [6, 6.07) is 4.10. The number of halogens is 4. The topological polar surface area (TPSA) is 63.5 Å². The van der Waals surface area contributed by atoms with Crippen molar-refractivity contribution in [1.82, 2.24) is 14.7 Å². The zero-order chi connectivity index (χ0) is 21.3. The summed E-state index contributed by atoms with van der Waals surface area (Å²) in [6.07, 6.45) is -4.37. The molecule has 0 saturated carbocycles. The number of carbonyl (C=O) groups excluding carboxylic acids is 1. The van der Waals surface area contributed by atoms with E-state index >= 15 is 0 Å². The highest BCUT2D eigenvalue weighted by molar-refractivity contribution is 7.17. The van der Waals surface area contributed by atoms with Gasteiger partial charge in [-0.2, -0.15) is 13.2 Å². The monoisotopic (exact) mass is 427 g/mol. The van der Waals surface area contributed by atoms with Crippen LogP contribution in [-0.2, 0) is 12.6 Å². The molecule has 0 bridgehead atoms. The van der Waals surface area contributed by atoms with E-state index in [1.807, 2.05) is 6.92 Å². The van der Waals surface area contributed by atoms with Crippen molar-refractivity contribution >= 4 is 22.2 Å². The Hall–Kier alpha value is -2.75. The Kier molecular flexibility index (Phi) is 5.74. The average molecular weight is 427 g/mol. The fourth-order valence-corrected chi connectivity index (χ4v) is 3.92. The normalized spacial score (nSPS) is 11.8. The molecule has 3 rings (SSSR count). The molecule has 0 aliphatic heterocycles. The predicted octanol–water partition coefficient (Wildman–Crippen LogP) is 3.95. The van der Waals surface area contributed by atoms with E-state index in [0.29, 0.717) is 17.5 Å². The lowest BCUT2D eigenvalue weighted by Crippen LogP contribution is -2.29. The minimum absolute atomic E-state index is 0.120. The smallest absolute Gasteiger partial charge is 0.351 e. The van der Waals surface area contributed by atoms with Gasteiger partial charge >= 0.3 is 6.18 Å². The fraction of sp³-hybridized carbons (Fsp3) is 0.316. The van der Waals surface area contributed by atoms with Gasteiger partial charge in [-0.3, -0.25) is 9.59 Å². The van der Waals surface area contributed by atoms with Crippen LogP contribution in [0.5, 0.6) is 0 Å². The van der Waals surface area contributed by atoms with Crippen LogP contribution in [0, 0.1) is 12.7 Å². The molecule has 29 heavy (non-hydrogen) atoms. The molecule has 154 valence electrons. The number of aromatic nitrogens is 2. The zero-order valence-electron chi connectivity index (χ0n) is 15.6. The summed E-state index contributed by atoms with van der Waals surface area (Å²) in [4.78, 5) is 30.0. The minimum Gasteiger partial charge on any atom is -0.351 e. The van der Waals surface area contributed by atoms with Crippen LogP contribution in [-0.4, -0.2) is 21.8 Å². The standard InChI is InChI=1S/C19H17F4N3O2S/c1-3-7-24-17(28)16-10(2)29-18-25-12(9-14(27)26(16)18)8-11-5-4-6-13(15(11)20)19(21,22)23/h4-6,9H,3,7-8H2,1-2H3,(H,24,28). The van der Waals surface area contributed by atoms with Gasteiger partial charge in [0.15, 0.2) is 4.96 Å². The van der Waals surface area contributed by atoms with E-state index in [0.717, 1.165) is 34.3 Å². The highest BCUT2D eigenvalue weighted by Gasteiger charge is 2.34. The molecule has 0 aliphatic carbocycles. The second-order valence-corrected chi connectivity index (χ2v) is 7.60. The van der Waals surface area contributed by atoms with Crippen LogP contribution in [0.4, 0.5) is 17.6 Å². The zero-order valence-corrected chi connectivity index (χ0v) is 16.4. The molecule has 0 aliphatic rings. The van der Waals surface area contributed by atoms with Crippen molar-refractivity contribution in [3.63, 3.8) is 0 Å². The Bertz CT molecular complexity index is 1130. The lowest BCUT2D eigenvalue weighted by molar-refractivity contribution is -0.140. The molecule has 0 radical (unpaired) electrons. The van der Waals surface area contributed by atoms with Gasteiger partial charge in [-0.05, 0) is 25.0 Å². The van der Waals surface area contributed by atoms with E-state index < -0.39 is 29.0 Å². The number of thiazole rings is 1. The molecule has 2 heterocycles. The van der Waals surface area contributed by atoms with Gasteiger partial charge in [0.25, 0.3) is 11.5 Å². The van der Waals surface area contributed by atoms with Crippen LogP contribution >= 0.6 is 11.3 Å². The van der Waals surface area contributed by atoms with Gasteiger partial charge in [-0.15, -0.1) is 11.3 Å². The van der Waals surface area contributed by atoms with Crippen LogP contribution < -0.4 is 10.9 Å². The number of hydrogen-bond donors (Lipinski definition) is 1. The van der Waals surface area contributed by atoms with Crippen molar-refractivity contribution in [3.05, 3.63) is 67.8 Å². The third-order valence-electron chi connectivity index (χ3n) is 4.25.